The fourth-order valence-corrected chi connectivity index (χ4v) is 3.86. The van der Waals surface area contributed by atoms with Crippen LogP contribution in [0.1, 0.15) is 20.8 Å². The first kappa shape index (κ1) is 19.1. The molecule has 8 heteroatoms. The number of aryl methyl sites for hydroxylation is 1. The second-order valence-electron chi connectivity index (χ2n) is 5.87. The van der Waals surface area contributed by atoms with Crippen molar-refractivity contribution in [3.8, 4) is 5.75 Å². The van der Waals surface area contributed by atoms with Crippen molar-refractivity contribution in [3.63, 3.8) is 0 Å². The molecule has 2 N–H and O–H groups in total. The van der Waals surface area contributed by atoms with Crippen molar-refractivity contribution in [3.05, 3.63) is 46.6 Å². The zero-order valence-corrected chi connectivity index (χ0v) is 16.4. The number of hydrogen-bond acceptors (Lipinski definition) is 7. The first-order chi connectivity index (χ1) is 13.2. The number of hydrogen-bond donors (Lipinski definition) is 2. The Balaban J connectivity index is 1.85. The number of nitrogens with zero attached hydrogens (tertiary/aromatic N) is 2. The maximum Gasteiger partial charge on any atom is 0.261 e. The number of ether oxygens (including phenoxy) is 2. The van der Waals surface area contributed by atoms with Gasteiger partial charge < -0.3 is 20.1 Å². The molecule has 1 aromatic carbocycles. The molecule has 0 unspecified atom stereocenters. The third kappa shape index (κ3) is 4.17. The number of para-hydroxylation sites is 1. The lowest BCUT2D eigenvalue weighted by Gasteiger charge is -2.10. The Morgan fingerprint density at radius 1 is 1.22 bits per heavy atom. The highest BCUT2D eigenvalue weighted by Crippen LogP contribution is 2.33. The molecular weight excluding hydrogens is 364 g/mol. The van der Waals surface area contributed by atoms with Gasteiger partial charge in [0.1, 0.15) is 22.7 Å². The first-order valence-electron chi connectivity index (χ1n) is 8.52. The molecule has 3 rings (SSSR count). The quantitative estimate of drug-likeness (QED) is 0.579. The Morgan fingerprint density at radius 3 is 2.81 bits per heavy atom. The van der Waals surface area contributed by atoms with E-state index in [1.54, 1.807) is 14.2 Å². The summed E-state index contributed by atoms with van der Waals surface area (Å²) >= 11 is 1.36. The summed E-state index contributed by atoms with van der Waals surface area (Å²) < 4.78 is 10.4. The molecule has 0 fully saturated rings. The first-order valence-corrected chi connectivity index (χ1v) is 9.34. The van der Waals surface area contributed by atoms with Crippen LogP contribution in [0.25, 0.3) is 10.2 Å². The molecule has 27 heavy (non-hydrogen) atoms. The van der Waals surface area contributed by atoms with Crippen LogP contribution in [0.15, 0.2) is 30.6 Å². The molecule has 7 nitrogen and oxygen atoms in total. The molecule has 0 saturated heterocycles. The van der Waals surface area contributed by atoms with Gasteiger partial charge in [-0.25, -0.2) is 9.97 Å². The summed E-state index contributed by atoms with van der Waals surface area (Å²) in [4.78, 5) is 22.6. The molecule has 0 aliphatic rings. The van der Waals surface area contributed by atoms with Gasteiger partial charge in [0.15, 0.2) is 0 Å². The maximum atomic E-state index is 12.4. The lowest BCUT2D eigenvalue weighted by atomic mass is 10.1. The van der Waals surface area contributed by atoms with Crippen LogP contribution in [0, 0.1) is 6.92 Å². The van der Waals surface area contributed by atoms with E-state index in [0.29, 0.717) is 30.4 Å². The summed E-state index contributed by atoms with van der Waals surface area (Å²) in [6.07, 6.45) is 1.51. The minimum Gasteiger partial charge on any atom is -0.496 e. The van der Waals surface area contributed by atoms with E-state index in [0.717, 1.165) is 27.1 Å². The average molecular weight is 386 g/mol. The van der Waals surface area contributed by atoms with Crippen molar-refractivity contribution in [2.75, 3.05) is 32.7 Å². The molecule has 0 bridgehead atoms. The number of anilines is 1. The smallest absolute Gasteiger partial charge is 0.261 e. The number of amides is 1. The van der Waals surface area contributed by atoms with Gasteiger partial charge in [0.25, 0.3) is 5.91 Å². The highest BCUT2D eigenvalue weighted by atomic mass is 32.1. The monoisotopic (exact) mass is 386 g/mol. The van der Waals surface area contributed by atoms with Gasteiger partial charge in [0.2, 0.25) is 0 Å². The summed E-state index contributed by atoms with van der Waals surface area (Å²) in [6, 6.07) is 7.82. The molecule has 0 saturated carbocycles. The molecule has 0 aliphatic heterocycles. The third-order valence-electron chi connectivity index (χ3n) is 4.16. The van der Waals surface area contributed by atoms with Crippen molar-refractivity contribution >= 4 is 33.3 Å². The third-order valence-corrected chi connectivity index (χ3v) is 5.36. The Bertz CT molecular complexity index is 942. The van der Waals surface area contributed by atoms with Crippen LogP contribution in [0.4, 0.5) is 5.82 Å². The highest BCUT2D eigenvalue weighted by molar-refractivity contribution is 7.20. The van der Waals surface area contributed by atoms with E-state index in [2.05, 4.69) is 20.6 Å². The van der Waals surface area contributed by atoms with Crippen molar-refractivity contribution in [1.29, 1.82) is 0 Å². The largest absolute Gasteiger partial charge is 0.496 e. The number of methoxy groups -OCH3 is 2. The number of fused-ring (bicyclic) bond motifs is 1. The standard InChI is InChI=1S/C19H22N4O3S/c1-12-15-17(21-10-13-6-4-5-7-14(13)26-3)22-11-23-19(15)27-16(12)18(24)20-8-9-25-2/h4-7,11H,8-10H2,1-3H3,(H,20,24)(H,21,22,23). The van der Waals surface area contributed by atoms with Gasteiger partial charge in [0.05, 0.1) is 24.0 Å². The van der Waals surface area contributed by atoms with Crippen LogP contribution < -0.4 is 15.4 Å². The molecule has 0 aliphatic carbocycles. The number of carbonyl (C=O) groups is 1. The van der Waals surface area contributed by atoms with E-state index in [1.165, 1.54) is 17.7 Å². The highest BCUT2D eigenvalue weighted by Gasteiger charge is 2.19. The van der Waals surface area contributed by atoms with Crippen molar-refractivity contribution in [2.24, 2.45) is 0 Å². The van der Waals surface area contributed by atoms with Gasteiger partial charge in [-0.15, -0.1) is 11.3 Å². The number of rotatable bonds is 8. The molecule has 0 spiro atoms. The fraction of sp³-hybridized carbons (Fsp3) is 0.316. The Labute approximate surface area is 161 Å². The fourth-order valence-electron chi connectivity index (χ4n) is 2.80. The molecule has 0 radical (unpaired) electrons. The number of thiophene rings is 1. The summed E-state index contributed by atoms with van der Waals surface area (Å²) in [5.41, 5.74) is 1.89. The van der Waals surface area contributed by atoms with E-state index in [-0.39, 0.29) is 5.91 Å². The van der Waals surface area contributed by atoms with Gasteiger partial charge >= 0.3 is 0 Å². The van der Waals surface area contributed by atoms with E-state index >= 15 is 0 Å². The average Bonchev–Trinajstić information content (AvgIpc) is 3.04. The second-order valence-corrected chi connectivity index (χ2v) is 6.87. The van der Waals surface area contributed by atoms with Gasteiger partial charge in [-0.05, 0) is 18.6 Å². The van der Waals surface area contributed by atoms with Crippen LogP contribution in [0.3, 0.4) is 0 Å². The Hall–Kier alpha value is -2.71. The van der Waals surface area contributed by atoms with Crippen LogP contribution >= 0.6 is 11.3 Å². The van der Waals surface area contributed by atoms with Gasteiger partial charge in [-0.3, -0.25) is 4.79 Å². The zero-order valence-electron chi connectivity index (χ0n) is 15.5. The normalized spacial score (nSPS) is 10.8. The van der Waals surface area contributed by atoms with Crippen LogP contribution in [-0.4, -0.2) is 43.2 Å². The second kappa shape index (κ2) is 8.79. The molecule has 2 heterocycles. The lowest BCUT2D eigenvalue weighted by Crippen LogP contribution is -2.26. The van der Waals surface area contributed by atoms with Gasteiger partial charge in [-0.2, -0.15) is 0 Å². The molecular formula is C19H22N4O3S. The van der Waals surface area contributed by atoms with Crippen molar-refractivity contribution in [1.82, 2.24) is 15.3 Å². The van der Waals surface area contributed by atoms with E-state index in [4.69, 9.17) is 9.47 Å². The predicted octanol–water partition coefficient (Wildman–Crippen LogP) is 3.00. The van der Waals surface area contributed by atoms with Crippen molar-refractivity contribution < 1.29 is 14.3 Å². The van der Waals surface area contributed by atoms with E-state index in [1.807, 2.05) is 31.2 Å². The number of benzene rings is 1. The lowest BCUT2D eigenvalue weighted by molar-refractivity contribution is 0.0940. The Morgan fingerprint density at radius 2 is 2.04 bits per heavy atom. The Kier molecular flexibility index (Phi) is 6.20. The van der Waals surface area contributed by atoms with Gasteiger partial charge in [-0.1, -0.05) is 18.2 Å². The summed E-state index contributed by atoms with van der Waals surface area (Å²) in [5.74, 6) is 1.40. The van der Waals surface area contributed by atoms with Gasteiger partial charge in [0, 0.05) is 25.8 Å². The molecule has 3 aromatic rings. The van der Waals surface area contributed by atoms with E-state index in [9.17, 15) is 4.79 Å². The number of carbonyl (C=O) groups excluding carboxylic acids is 1. The zero-order chi connectivity index (χ0) is 19.2. The number of nitrogens with one attached hydrogen (secondary N) is 2. The molecule has 142 valence electrons. The topological polar surface area (TPSA) is 85.4 Å². The number of aromatic nitrogens is 2. The van der Waals surface area contributed by atoms with Crippen LogP contribution in [0.2, 0.25) is 0 Å². The molecule has 0 atom stereocenters. The van der Waals surface area contributed by atoms with Crippen LogP contribution in [-0.2, 0) is 11.3 Å². The predicted molar refractivity (Wildman–Crippen MR) is 107 cm³/mol. The SMILES string of the molecule is COCCNC(=O)c1sc2ncnc(NCc3ccccc3OC)c2c1C. The minimum atomic E-state index is -0.122. The molecule has 2 aromatic heterocycles. The summed E-state index contributed by atoms with van der Waals surface area (Å²) in [7, 11) is 3.26. The van der Waals surface area contributed by atoms with Crippen LogP contribution in [0.5, 0.6) is 5.75 Å². The summed E-state index contributed by atoms with van der Waals surface area (Å²) in [6.45, 7) is 3.41. The van der Waals surface area contributed by atoms with E-state index < -0.39 is 0 Å². The molecule has 1 amide bonds. The summed E-state index contributed by atoms with van der Waals surface area (Å²) in [5, 5.41) is 7.07. The van der Waals surface area contributed by atoms with Crippen molar-refractivity contribution in [2.45, 2.75) is 13.5 Å². The maximum absolute atomic E-state index is 12.4. The minimum absolute atomic E-state index is 0.122.